The van der Waals surface area contributed by atoms with Gasteiger partial charge in [-0.3, -0.25) is 4.90 Å². The standard InChI is InChI=1S/C23H30N2O3S/c1-6-25(15-22-24-13-21(28-22)23(2,3)4)14-17-9-10-19(20(12-17)26-5)27-16-18-8-7-11-29-18/h7-13H,6,14-16H2,1-5H3. The fourth-order valence-electron chi connectivity index (χ4n) is 2.93. The number of methoxy groups -OCH3 is 1. The molecule has 0 spiro atoms. The molecule has 156 valence electrons. The smallest absolute Gasteiger partial charge is 0.208 e. The van der Waals surface area contributed by atoms with Crippen LogP contribution < -0.4 is 9.47 Å². The summed E-state index contributed by atoms with van der Waals surface area (Å²) in [5.41, 5.74) is 1.13. The van der Waals surface area contributed by atoms with Gasteiger partial charge in [0.2, 0.25) is 5.89 Å². The van der Waals surface area contributed by atoms with Crippen molar-refractivity contribution >= 4 is 11.3 Å². The molecule has 6 heteroatoms. The van der Waals surface area contributed by atoms with Gasteiger partial charge >= 0.3 is 0 Å². The summed E-state index contributed by atoms with van der Waals surface area (Å²) in [5.74, 6) is 3.17. The summed E-state index contributed by atoms with van der Waals surface area (Å²) >= 11 is 1.69. The van der Waals surface area contributed by atoms with Crippen molar-refractivity contribution in [1.29, 1.82) is 0 Å². The first-order chi connectivity index (χ1) is 13.9. The fraction of sp³-hybridized carbons (Fsp3) is 0.435. The van der Waals surface area contributed by atoms with Crippen molar-refractivity contribution in [2.45, 2.75) is 52.8 Å². The molecule has 0 aliphatic rings. The Labute approximate surface area is 177 Å². The average molecular weight is 415 g/mol. The lowest BCUT2D eigenvalue weighted by Gasteiger charge is -2.20. The monoisotopic (exact) mass is 414 g/mol. The van der Waals surface area contributed by atoms with Gasteiger partial charge in [0.1, 0.15) is 12.4 Å². The number of hydrogen-bond acceptors (Lipinski definition) is 6. The van der Waals surface area contributed by atoms with Crippen LogP contribution in [-0.2, 0) is 25.1 Å². The largest absolute Gasteiger partial charge is 0.493 e. The molecule has 0 radical (unpaired) electrons. The van der Waals surface area contributed by atoms with Gasteiger partial charge in [0.15, 0.2) is 11.5 Å². The summed E-state index contributed by atoms with van der Waals surface area (Å²) in [7, 11) is 1.68. The quantitative estimate of drug-likeness (QED) is 0.453. The topological polar surface area (TPSA) is 47.7 Å². The second-order valence-corrected chi connectivity index (χ2v) is 9.06. The minimum Gasteiger partial charge on any atom is -0.493 e. The van der Waals surface area contributed by atoms with E-state index in [9.17, 15) is 0 Å². The summed E-state index contributed by atoms with van der Waals surface area (Å²) < 4.78 is 17.4. The van der Waals surface area contributed by atoms with Crippen LogP contribution in [0.15, 0.2) is 46.3 Å². The summed E-state index contributed by atoms with van der Waals surface area (Å²) in [6.45, 7) is 11.4. The number of aromatic nitrogens is 1. The van der Waals surface area contributed by atoms with Crippen LogP contribution in [0.5, 0.6) is 11.5 Å². The minimum atomic E-state index is -0.0331. The second-order valence-electron chi connectivity index (χ2n) is 8.02. The number of ether oxygens (including phenoxy) is 2. The van der Waals surface area contributed by atoms with Crippen LogP contribution in [0.1, 0.15) is 49.8 Å². The van der Waals surface area contributed by atoms with Gasteiger partial charge in [-0.05, 0) is 35.7 Å². The van der Waals surface area contributed by atoms with Crippen molar-refractivity contribution < 1.29 is 13.9 Å². The lowest BCUT2D eigenvalue weighted by Crippen LogP contribution is -2.22. The van der Waals surface area contributed by atoms with Crippen LogP contribution in [0.4, 0.5) is 0 Å². The van der Waals surface area contributed by atoms with Crippen LogP contribution in [-0.4, -0.2) is 23.5 Å². The number of thiophene rings is 1. The van der Waals surface area contributed by atoms with E-state index in [1.807, 2.05) is 24.4 Å². The number of hydrogen-bond donors (Lipinski definition) is 0. The van der Waals surface area contributed by atoms with Gasteiger partial charge in [-0.25, -0.2) is 4.98 Å². The molecular formula is C23H30N2O3S. The average Bonchev–Trinajstić information content (AvgIpc) is 3.38. The summed E-state index contributed by atoms with van der Waals surface area (Å²) in [6, 6.07) is 10.2. The highest BCUT2D eigenvalue weighted by Gasteiger charge is 2.20. The van der Waals surface area contributed by atoms with Crippen LogP contribution in [0.25, 0.3) is 0 Å². The molecule has 5 nitrogen and oxygen atoms in total. The molecule has 2 aromatic heterocycles. The highest BCUT2D eigenvalue weighted by Crippen LogP contribution is 2.30. The maximum atomic E-state index is 5.95. The zero-order valence-electron chi connectivity index (χ0n) is 17.9. The van der Waals surface area contributed by atoms with Crippen molar-refractivity contribution in [3.63, 3.8) is 0 Å². The van der Waals surface area contributed by atoms with Gasteiger partial charge in [0.25, 0.3) is 0 Å². The van der Waals surface area contributed by atoms with Crippen LogP contribution in [0, 0.1) is 0 Å². The summed E-state index contributed by atoms with van der Waals surface area (Å²) in [5, 5.41) is 2.05. The molecule has 0 saturated carbocycles. The Kier molecular flexibility index (Phi) is 6.98. The Morgan fingerprint density at radius 3 is 2.59 bits per heavy atom. The molecule has 2 heterocycles. The molecule has 3 rings (SSSR count). The van der Waals surface area contributed by atoms with Crippen LogP contribution in [0.2, 0.25) is 0 Å². The van der Waals surface area contributed by atoms with Gasteiger partial charge in [-0.2, -0.15) is 0 Å². The van der Waals surface area contributed by atoms with Gasteiger partial charge in [-0.1, -0.05) is 39.8 Å². The molecular weight excluding hydrogens is 384 g/mol. The Morgan fingerprint density at radius 2 is 1.97 bits per heavy atom. The van der Waals surface area contributed by atoms with E-state index < -0.39 is 0 Å². The van der Waals surface area contributed by atoms with E-state index in [1.54, 1.807) is 18.4 Å². The highest BCUT2D eigenvalue weighted by atomic mass is 32.1. The van der Waals surface area contributed by atoms with Crippen molar-refractivity contribution in [1.82, 2.24) is 9.88 Å². The number of benzene rings is 1. The molecule has 0 N–H and O–H groups in total. The lowest BCUT2D eigenvalue weighted by atomic mass is 9.94. The molecule has 3 aromatic rings. The third kappa shape index (κ3) is 5.84. The van der Waals surface area contributed by atoms with Gasteiger partial charge in [0.05, 0.1) is 19.9 Å². The van der Waals surface area contributed by atoms with E-state index in [0.29, 0.717) is 13.2 Å². The molecule has 1 aromatic carbocycles. The van der Waals surface area contributed by atoms with E-state index in [2.05, 4.69) is 55.1 Å². The maximum absolute atomic E-state index is 5.95. The SMILES string of the molecule is CCN(Cc1ccc(OCc2cccs2)c(OC)c1)Cc1ncc(C(C)(C)C)o1. The third-order valence-electron chi connectivity index (χ3n) is 4.68. The predicted octanol–water partition coefficient (Wildman–Crippen LogP) is 5.64. The van der Waals surface area contributed by atoms with Crippen molar-refractivity contribution in [2.75, 3.05) is 13.7 Å². The Hall–Kier alpha value is -2.31. The van der Waals surface area contributed by atoms with Crippen LogP contribution >= 0.6 is 11.3 Å². The number of nitrogens with zero attached hydrogens (tertiary/aromatic N) is 2. The highest BCUT2D eigenvalue weighted by molar-refractivity contribution is 7.09. The molecule has 0 fully saturated rings. The number of rotatable bonds is 9. The predicted molar refractivity (Wildman–Crippen MR) is 117 cm³/mol. The van der Waals surface area contributed by atoms with E-state index >= 15 is 0 Å². The zero-order chi connectivity index (χ0) is 20.9. The fourth-order valence-corrected chi connectivity index (χ4v) is 3.55. The molecule has 0 amide bonds. The van der Waals surface area contributed by atoms with Gasteiger partial charge < -0.3 is 13.9 Å². The zero-order valence-corrected chi connectivity index (χ0v) is 18.7. The Bertz CT molecular complexity index is 897. The molecule has 0 bridgehead atoms. The third-order valence-corrected chi connectivity index (χ3v) is 5.53. The molecule has 0 unspecified atom stereocenters. The molecule has 0 aliphatic carbocycles. The molecule has 0 aliphatic heterocycles. The molecule has 0 atom stereocenters. The summed E-state index contributed by atoms with van der Waals surface area (Å²) in [4.78, 5) is 7.94. The normalized spacial score (nSPS) is 11.8. The van der Waals surface area contributed by atoms with E-state index in [-0.39, 0.29) is 5.41 Å². The van der Waals surface area contributed by atoms with Crippen molar-refractivity contribution in [3.05, 3.63) is 64.0 Å². The van der Waals surface area contributed by atoms with E-state index in [4.69, 9.17) is 13.9 Å². The van der Waals surface area contributed by atoms with Gasteiger partial charge in [-0.15, -0.1) is 11.3 Å². The second kappa shape index (κ2) is 9.46. The first-order valence-corrected chi connectivity index (χ1v) is 10.8. The first-order valence-electron chi connectivity index (χ1n) is 9.88. The van der Waals surface area contributed by atoms with Crippen molar-refractivity contribution in [3.8, 4) is 11.5 Å². The number of oxazole rings is 1. The molecule has 0 saturated heterocycles. The Morgan fingerprint density at radius 1 is 1.14 bits per heavy atom. The summed E-state index contributed by atoms with van der Waals surface area (Å²) in [6.07, 6.45) is 1.84. The molecule has 29 heavy (non-hydrogen) atoms. The van der Waals surface area contributed by atoms with E-state index in [1.165, 1.54) is 4.88 Å². The first kappa shape index (κ1) is 21.4. The van der Waals surface area contributed by atoms with Crippen molar-refractivity contribution in [2.24, 2.45) is 0 Å². The van der Waals surface area contributed by atoms with Gasteiger partial charge in [0, 0.05) is 16.8 Å². The van der Waals surface area contributed by atoms with Crippen LogP contribution in [0.3, 0.4) is 0 Å². The minimum absolute atomic E-state index is 0.0331. The van der Waals surface area contributed by atoms with E-state index in [0.717, 1.165) is 41.8 Å². The Balaban J connectivity index is 1.65. The maximum Gasteiger partial charge on any atom is 0.208 e. The lowest BCUT2D eigenvalue weighted by molar-refractivity contribution is 0.235.